The minimum absolute atomic E-state index is 0.153. The van der Waals surface area contributed by atoms with Gasteiger partial charge in [-0.15, -0.1) is 10.2 Å². The Morgan fingerprint density at radius 2 is 1.67 bits per heavy atom. The van der Waals surface area contributed by atoms with Crippen LogP contribution in [0.5, 0.6) is 5.75 Å². The molecule has 52 heavy (non-hydrogen) atoms. The summed E-state index contributed by atoms with van der Waals surface area (Å²) in [6.45, 7) is 11.3. The lowest BCUT2D eigenvalue weighted by molar-refractivity contribution is 0.171. The minimum Gasteiger partial charge on any atom is -0.484 e. The van der Waals surface area contributed by atoms with Crippen molar-refractivity contribution in [2.24, 2.45) is 0 Å². The highest BCUT2D eigenvalue weighted by Gasteiger charge is 2.30. The van der Waals surface area contributed by atoms with E-state index in [1.165, 1.54) is 32.1 Å². The fourth-order valence-corrected chi connectivity index (χ4v) is 7.94. The van der Waals surface area contributed by atoms with Crippen molar-refractivity contribution in [2.75, 3.05) is 36.4 Å². The van der Waals surface area contributed by atoms with E-state index in [1.807, 2.05) is 57.7 Å². The van der Waals surface area contributed by atoms with Crippen LogP contribution in [0.25, 0.3) is 11.3 Å². The van der Waals surface area contributed by atoms with Gasteiger partial charge in [-0.1, -0.05) is 56.6 Å². The van der Waals surface area contributed by atoms with Gasteiger partial charge >= 0.3 is 6.03 Å². The monoisotopic (exact) mass is 721 g/mol. The molecule has 5 heterocycles. The number of carbonyl (C=O) groups excluding carboxylic acids is 1. The number of nitrogens with zero attached hydrogens (tertiary/aromatic N) is 7. The van der Waals surface area contributed by atoms with Crippen molar-refractivity contribution in [3.05, 3.63) is 94.3 Å². The number of nitrogens with one attached hydrogen (secondary N) is 2. The van der Waals surface area contributed by atoms with Gasteiger partial charge in [-0.2, -0.15) is 5.10 Å². The molecule has 0 spiro atoms. The van der Waals surface area contributed by atoms with Crippen LogP contribution in [0, 0.1) is 0 Å². The number of hydrogen-bond acceptors (Lipinski definition) is 7. The molecule has 0 saturated carbocycles. The second-order valence-electron chi connectivity index (χ2n) is 15.4. The molecule has 0 unspecified atom stereocenters. The minimum atomic E-state index is -0.282. The molecule has 11 nitrogen and oxygen atoms in total. The van der Waals surface area contributed by atoms with Crippen LogP contribution in [0.3, 0.4) is 0 Å². The summed E-state index contributed by atoms with van der Waals surface area (Å²) < 4.78 is 10.5. The topological polar surface area (TPSA) is 105 Å². The summed E-state index contributed by atoms with van der Waals surface area (Å²) in [4.78, 5) is 18.5. The first-order valence-electron chi connectivity index (χ1n) is 18.7. The van der Waals surface area contributed by atoms with Gasteiger partial charge in [-0.25, -0.2) is 9.48 Å². The van der Waals surface area contributed by atoms with Crippen LogP contribution < -0.4 is 20.3 Å². The standard InChI is InChI=1S/C40H48ClN9O2/c1-40(2,3)35-24-37(50(46-35)28-13-15-32(41)27(23-28)25-47-19-9-10-20-47)43-38(51)42-33-16-17-34(31-12-6-5-11-30(31)33)52-29-14-18-36-44-45-39(49(36)26-29)48-21-7-4-8-22-48/h5-6,11-15,18,23-24,26,33-34H,4,7-10,16-17,19-22,25H2,1-3H3,(H2,42,43,51)/t33-,34+/m0/s1. The number of urea groups is 1. The average Bonchev–Trinajstić information content (AvgIpc) is 3.91. The van der Waals surface area contributed by atoms with Crippen molar-refractivity contribution < 1.29 is 9.53 Å². The van der Waals surface area contributed by atoms with E-state index < -0.39 is 0 Å². The number of anilines is 2. The maximum absolute atomic E-state index is 13.8. The van der Waals surface area contributed by atoms with E-state index in [9.17, 15) is 4.79 Å². The molecule has 1 aliphatic carbocycles. The Balaban J connectivity index is 0.997. The van der Waals surface area contributed by atoms with Crippen molar-refractivity contribution in [2.45, 2.75) is 89.8 Å². The maximum atomic E-state index is 13.8. The summed E-state index contributed by atoms with van der Waals surface area (Å²) in [6.07, 6.45) is 9.35. The van der Waals surface area contributed by atoms with Crippen LogP contribution in [0.4, 0.5) is 16.6 Å². The van der Waals surface area contributed by atoms with E-state index >= 15 is 0 Å². The molecule has 272 valence electrons. The number of fused-ring (bicyclic) bond motifs is 2. The van der Waals surface area contributed by atoms with Crippen LogP contribution in [-0.4, -0.2) is 61.5 Å². The highest BCUT2D eigenvalue weighted by Crippen LogP contribution is 2.39. The Morgan fingerprint density at radius 1 is 0.904 bits per heavy atom. The molecule has 0 bridgehead atoms. The smallest absolute Gasteiger partial charge is 0.320 e. The summed E-state index contributed by atoms with van der Waals surface area (Å²) in [6, 6.07) is 19.7. The molecule has 5 aromatic rings. The second kappa shape index (κ2) is 14.4. The van der Waals surface area contributed by atoms with Crippen molar-refractivity contribution in [1.82, 2.24) is 34.6 Å². The van der Waals surface area contributed by atoms with Crippen LogP contribution in [0.15, 0.2) is 66.9 Å². The number of hydrogen-bond donors (Lipinski definition) is 2. The number of carbonyl (C=O) groups is 1. The van der Waals surface area contributed by atoms with E-state index in [2.05, 4.69) is 69.6 Å². The molecule has 2 amide bonds. The van der Waals surface area contributed by atoms with Crippen molar-refractivity contribution in [3.8, 4) is 11.4 Å². The van der Waals surface area contributed by atoms with Crippen molar-refractivity contribution in [1.29, 1.82) is 0 Å². The molecule has 12 heteroatoms. The van der Waals surface area contributed by atoms with E-state index in [4.69, 9.17) is 21.4 Å². The number of ether oxygens (including phenoxy) is 1. The highest BCUT2D eigenvalue weighted by molar-refractivity contribution is 6.31. The number of rotatable bonds is 8. The zero-order valence-electron chi connectivity index (χ0n) is 30.3. The van der Waals surface area contributed by atoms with E-state index in [-0.39, 0.29) is 23.6 Å². The van der Waals surface area contributed by atoms with Crippen LogP contribution >= 0.6 is 11.6 Å². The lowest BCUT2D eigenvalue weighted by Crippen LogP contribution is -2.36. The highest BCUT2D eigenvalue weighted by atomic mass is 35.5. The summed E-state index contributed by atoms with van der Waals surface area (Å²) in [5, 5.41) is 21.0. The quantitative estimate of drug-likeness (QED) is 0.166. The molecule has 2 saturated heterocycles. The number of halogens is 1. The van der Waals surface area contributed by atoms with Crippen molar-refractivity contribution in [3.63, 3.8) is 0 Å². The van der Waals surface area contributed by atoms with Gasteiger partial charge in [-0.3, -0.25) is 14.6 Å². The fourth-order valence-electron chi connectivity index (χ4n) is 7.77. The average molecular weight is 722 g/mol. The second-order valence-corrected chi connectivity index (χ2v) is 15.8. The van der Waals surface area contributed by atoms with E-state index in [1.54, 1.807) is 0 Å². The summed E-state index contributed by atoms with van der Waals surface area (Å²) in [5.74, 6) is 2.24. The maximum Gasteiger partial charge on any atom is 0.320 e. The first-order chi connectivity index (χ1) is 25.2. The third-order valence-electron chi connectivity index (χ3n) is 10.6. The fraction of sp³-hybridized carbons (Fsp3) is 0.450. The Morgan fingerprint density at radius 3 is 2.46 bits per heavy atom. The zero-order chi connectivity index (χ0) is 35.8. The summed E-state index contributed by atoms with van der Waals surface area (Å²) >= 11 is 6.67. The largest absolute Gasteiger partial charge is 0.484 e. The van der Waals surface area contributed by atoms with Crippen molar-refractivity contribution >= 4 is 35.0 Å². The van der Waals surface area contributed by atoms with Gasteiger partial charge in [0.25, 0.3) is 0 Å². The molecule has 0 radical (unpaired) electrons. The Labute approximate surface area is 310 Å². The number of amides is 2. The third-order valence-corrected chi connectivity index (χ3v) is 11.0. The number of piperidine rings is 1. The van der Waals surface area contributed by atoms with Gasteiger partial charge in [0.15, 0.2) is 5.65 Å². The summed E-state index contributed by atoms with van der Waals surface area (Å²) in [5.41, 5.74) is 5.53. The molecule has 2 fully saturated rings. The Kier molecular flexibility index (Phi) is 9.57. The normalized spacial score (nSPS) is 19.5. The van der Waals surface area contributed by atoms with Crippen LogP contribution in [0.2, 0.25) is 5.02 Å². The lowest BCUT2D eigenvalue weighted by atomic mass is 9.85. The lowest BCUT2D eigenvalue weighted by Gasteiger charge is -2.32. The van der Waals surface area contributed by atoms with Gasteiger partial charge in [0.05, 0.1) is 23.6 Å². The predicted octanol–water partition coefficient (Wildman–Crippen LogP) is 8.23. The molecule has 2 aliphatic heterocycles. The molecule has 2 N–H and O–H groups in total. The van der Waals surface area contributed by atoms with Gasteiger partial charge in [-0.05, 0) is 105 Å². The number of benzene rings is 2. The SMILES string of the molecule is CC(C)(C)c1cc(NC(=O)N[C@H]2CC[C@@H](Oc3ccc4nnc(N5CCCCC5)n4c3)c3ccccc32)n(-c2ccc(Cl)c(CN3CCCC3)c2)n1. The molecular formula is C40H48ClN9O2. The third kappa shape index (κ3) is 7.21. The zero-order valence-corrected chi connectivity index (χ0v) is 31.1. The number of likely N-dealkylation sites (tertiary alicyclic amines) is 1. The van der Waals surface area contributed by atoms with Crippen LogP contribution in [-0.2, 0) is 12.0 Å². The first kappa shape index (κ1) is 34.5. The number of aromatic nitrogens is 5. The van der Waals surface area contributed by atoms with Crippen LogP contribution in [0.1, 0.15) is 100 Å². The Bertz CT molecular complexity index is 2060. The van der Waals surface area contributed by atoms with E-state index in [0.29, 0.717) is 5.82 Å². The van der Waals surface area contributed by atoms with Gasteiger partial charge in [0, 0.05) is 36.1 Å². The van der Waals surface area contributed by atoms with E-state index in [0.717, 1.165) is 96.0 Å². The molecule has 8 rings (SSSR count). The van der Waals surface area contributed by atoms with Gasteiger partial charge < -0.3 is 15.0 Å². The first-order valence-corrected chi connectivity index (χ1v) is 19.1. The van der Waals surface area contributed by atoms with Gasteiger partial charge in [0.2, 0.25) is 5.95 Å². The molecule has 3 aromatic heterocycles. The predicted molar refractivity (Wildman–Crippen MR) is 205 cm³/mol. The Hall–Kier alpha value is -4.61. The molecular weight excluding hydrogens is 674 g/mol. The molecule has 2 aromatic carbocycles. The van der Waals surface area contributed by atoms with Gasteiger partial charge in [0.1, 0.15) is 17.7 Å². The molecule has 3 aliphatic rings. The number of pyridine rings is 1. The molecule has 2 atom stereocenters. The summed E-state index contributed by atoms with van der Waals surface area (Å²) in [7, 11) is 0.